The Morgan fingerprint density at radius 2 is 2.21 bits per heavy atom. The van der Waals surface area contributed by atoms with Crippen LogP contribution in [-0.4, -0.2) is 37.5 Å². The minimum Gasteiger partial charge on any atom is -0.396 e. The number of rotatable bonds is 2. The minimum atomic E-state index is -0.453. The number of aliphatic hydroxyl groups is 2. The maximum absolute atomic E-state index is 9.91. The molecule has 0 unspecified atom stereocenters. The zero-order valence-corrected chi connectivity index (χ0v) is 11.4. The van der Waals surface area contributed by atoms with Gasteiger partial charge in [0.25, 0.3) is 0 Å². The van der Waals surface area contributed by atoms with Gasteiger partial charge in [-0.05, 0) is 25.8 Å². The lowest BCUT2D eigenvalue weighted by Crippen LogP contribution is -2.16. The molecule has 0 aromatic carbocycles. The summed E-state index contributed by atoms with van der Waals surface area (Å²) in [5, 5.41) is 20.4. The Balaban J connectivity index is 2.02. The van der Waals surface area contributed by atoms with Gasteiger partial charge in [-0.15, -0.1) is 0 Å². The van der Waals surface area contributed by atoms with Crippen molar-refractivity contribution < 1.29 is 10.2 Å². The van der Waals surface area contributed by atoms with Crippen LogP contribution in [0.1, 0.15) is 24.7 Å². The number of hydrogen-bond donors (Lipinski definition) is 2. The molecule has 1 aliphatic carbocycles. The molecule has 0 aliphatic heterocycles. The van der Waals surface area contributed by atoms with Crippen molar-refractivity contribution in [1.29, 1.82) is 0 Å². The Bertz CT molecular complexity index is 613. The Morgan fingerprint density at radius 1 is 1.42 bits per heavy atom. The monoisotopic (exact) mass is 281 g/mol. The average Bonchev–Trinajstić information content (AvgIpc) is 2.92. The van der Waals surface area contributed by atoms with Crippen LogP contribution >= 0.6 is 11.6 Å². The van der Waals surface area contributed by atoms with Gasteiger partial charge in [0.15, 0.2) is 0 Å². The fourth-order valence-electron chi connectivity index (χ4n) is 2.89. The van der Waals surface area contributed by atoms with Gasteiger partial charge in [0, 0.05) is 24.8 Å². The second kappa shape index (κ2) is 4.74. The van der Waals surface area contributed by atoms with Gasteiger partial charge in [-0.25, -0.2) is 9.97 Å². The molecular formula is C13H16ClN3O2. The van der Waals surface area contributed by atoms with Crippen LogP contribution in [0.15, 0.2) is 12.3 Å². The molecule has 0 radical (unpaired) electrons. The second-order valence-corrected chi connectivity index (χ2v) is 5.52. The molecule has 1 fully saturated rings. The third-order valence-corrected chi connectivity index (χ3v) is 4.19. The van der Waals surface area contributed by atoms with Crippen molar-refractivity contribution in [2.45, 2.75) is 31.9 Å². The maximum atomic E-state index is 9.91. The van der Waals surface area contributed by atoms with E-state index in [-0.39, 0.29) is 18.6 Å². The first-order chi connectivity index (χ1) is 9.10. The van der Waals surface area contributed by atoms with Crippen molar-refractivity contribution in [1.82, 2.24) is 14.5 Å². The molecule has 0 saturated heterocycles. The molecule has 1 aliphatic rings. The van der Waals surface area contributed by atoms with Gasteiger partial charge >= 0.3 is 0 Å². The largest absolute Gasteiger partial charge is 0.396 e. The van der Waals surface area contributed by atoms with Crippen LogP contribution in [0, 0.1) is 12.8 Å². The normalized spacial score (nSPS) is 27.3. The van der Waals surface area contributed by atoms with Crippen LogP contribution in [0.25, 0.3) is 11.0 Å². The van der Waals surface area contributed by atoms with Gasteiger partial charge in [-0.2, -0.15) is 0 Å². The van der Waals surface area contributed by atoms with Crippen molar-refractivity contribution in [3.8, 4) is 0 Å². The van der Waals surface area contributed by atoms with Crippen LogP contribution in [0.4, 0.5) is 0 Å². The molecule has 0 amide bonds. The van der Waals surface area contributed by atoms with E-state index in [9.17, 15) is 10.2 Å². The molecule has 0 spiro atoms. The smallest absolute Gasteiger partial charge is 0.145 e. The molecule has 3 rings (SSSR count). The van der Waals surface area contributed by atoms with Crippen molar-refractivity contribution in [2.24, 2.45) is 5.92 Å². The molecule has 2 aromatic heterocycles. The highest BCUT2D eigenvalue weighted by atomic mass is 35.5. The van der Waals surface area contributed by atoms with Gasteiger partial charge in [0.1, 0.15) is 16.6 Å². The number of halogens is 1. The summed E-state index contributed by atoms with van der Waals surface area (Å²) in [6.45, 7) is 1.83. The predicted octanol–water partition coefficient (Wildman–Crippen LogP) is 1.70. The van der Waals surface area contributed by atoms with Crippen molar-refractivity contribution in [2.75, 3.05) is 6.61 Å². The zero-order chi connectivity index (χ0) is 13.6. The van der Waals surface area contributed by atoms with Crippen molar-refractivity contribution in [3.05, 3.63) is 23.2 Å². The minimum absolute atomic E-state index is 0.0195. The van der Waals surface area contributed by atoms with E-state index in [1.807, 2.05) is 23.8 Å². The third kappa shape index (κ3) is 2.12. The lowest BCUT2D eigenvalue weighted by atomic mass is 10.1. The van der Waals surface area contributed by atoms with Crippen LogP contribution in [0.3, 0.4) is 0 Å². The Morgan fingerprint density at radius 3 is 2.89 bits per heavy atom. The molecule has 19 heavy (non-hydrogen) atoms. The average molecular weight is 282 g/mol. The Labute approximate surface area is 115 Å². The van der Waals surface area contributed by atoms with Crippen molar-refractivity contribution in [3.63, 3.8) is 0 Å². The third-order valence-electron chi connectivity index (χ3n) is 3.90. The number of aryl methyl sites for hydroxylation is 1. The van der Waals surface area contributed by atoms with Gasteiger partial charge in [0.2, 0.25) is 0 Å². The first-order valence-electron chi connectivity index (χ1n) is 6.39. The van der Waals surface area contributed by atoms with Crippen LogP contribution in [0.2, 0.25) is 5.15 Å². The van der Waals surface area contributed by atoms with E-state index < -0.39 is 6.10 Å². The number of hydrogen-bond acceptors (Lipinski definition) is 4. The van der Waals surface area contributed by atoms with Gasteiger partial charge in [0.05, 0.1) is 11.5 Å². The van der Waals surface area contributed by atoms with Crippen LogP contribution in [-0.2, 0) is 0 Å². The van der Waals surface area contributed by atoms with E-state index in [0.29, 0.717) is 17.4 Å². The summed E-state index contributed by atoms with van der Waals surface area (Å²) >= 11 is 6.11. The highest BCUT2D eigenvalue weighted by Crippen LogP contribution is 2.37. The fraction of sp³-hybridized carbons (Fsp3) is 0.538. The summed E-state index contributed by atoms with van der Waals surface area (Å²) in [5.41, 5.74) is 0.799. The molecule has 3 atom stereocenters. The lowest BCUT2D eigenvalue weighted by Gasteiger charge is -2.13. The van der Waals surface area contributed by atoms with Crippen LogP contribution < -0.4 is 0 Å². The standard InChI is InChI=1S/C13H16ClN3O2/c1-7-15-12(14)10-2-3-17(13(10)16-7)9-4-8(6-18)11(19)5-9/h2-3,8-9,11,18-19H,4-6H2,1H3/t8-,9+,11-/m0/s1. The van der Waals surface area contributed by atoms with E-state index >= 15 is 0 Å². The number of aliphatic hydroxyl groups excluding tert-OH is 2. The molecule has 0 bridgehead atoms. The van der Waals surface area contributed by atoms with Gasteiger partial charge < -0.3 is 14.8 Å². The van der Waals surface area contributed by atoms with E-state index in [4.69, 9.17) is 11.6 Å². The summed E-state index contributed by atoms with van der Waals surface area (Å²) in [6.07, 6.45) is 2.87. The van der Waals surface area contributed by atoms with Gasteiger partial charge in [-0.1, -0.05) is 11.6 Å². The molecule has 2 aromatic rings. The van der Waals surface area contributed by atoms with Gasteiger partial charge in [-0.3, -0.25) is 0 Å². The summed E-state index contributed by atoms with van der Waals surface area (Å²) in [6, 6.07) is 2.05. The zero-order valence-electron chi connectivity index (χ0n) is 10.6. The molecule has 2 N–H and O–H groups in total. The maximum Gasteiger partial charge on any atom is 0.145 e. The fourth-order valence-corrected chi connectivity index (χ4v) is 3.16. The van der Waals surface area contributed by atoms with Crippen molar-refractivity contribution >= 4 is 22.6 Å². The quantitative estimate of drug-likeness (QED) is 0.822. The number of fused-ring (bicyclic) bond motifs is 1. The summed E-state index contributed by atoms with van der Waals surface area (Å²) in [5.74, 6) is 0.579. The molecule has 102 valence electrons. The molecule has 2 heterocycles. The molecular weight excluding hydrogens is 266 g/mol. The van der Waals surface area contributed by atoms with E-state index in [1.54, 1.807) is 0 Å². The SMILES string of the molecule is Cc1nc(Cl)c2ccn([C@@H]3C[C@@H](CO)[C@@H](O)C3)c2n1. The Hall–Kier alpha value is -1.17. The molecule has 1 saturated carbocycles. The highest BCUT2D eigenvalue weighted by molar-refractivity contribution is 6.33. The molecule has 5 nitrogen and oxygen atoms in total. The van der Waals surface area contributed by atoms with E-state index in [0.717, 1.165) is 17.5 Å². The summed E-state index contributed by atoms with van der Waals surface area (Å²) < 4.78 is 2.04. The van der Waals surface area contributed by atoms with E-state index in [1.165, 1.54) is 0 Å². The first kappa shape index (κ1) is 12.8. The topological polar surface area (TPSA) is 71.2 Å². The second-order valence-electron chi connectivity index (χ2n) is 5.16. The van der Waals surface area contributed by atoms with Crippen LogP contribution in [0.5, 0.6) is 0 Å². The number of aromatic nitrogens is 3. The lowest BCUT2D eigenvalue weighted by molar-refractivity contribution is 0.0906. The highest BCUT2D eigenvalue weighted by Gasteiger charge is 2.34. The summed E-state index contributed by atoms with van der Waals surface area (Å²) in [4.78, 5) is 8.58. The summed E-state index contributed by atoms with van der Waals surface area (Å²) in [7, 11) is 0. The first-order valence-corrected chi connectivity index (χ1v) is 6.77. The predicted molar refractivity (Wildman–Crippen MR) is 72.1 cm³/mol. The molecule has 6 heteroatoms. The van der Waals surface area contributed by atoms with E-state index in [2.05, 4.69) is 9.97 Å². The number of nitrogens with zero attached hydrogens (tertiary/aromatic N) is 3. The Kier molecular flexibility index (Phi) is 3.20.